The number of rotatable bonds is 4. The van der Waals surface area contributed by atoms with Crippen molar-refractivity contribution in [2.75, 3.05) is 19.8 Å². The van der Waals surface area contributed by atoms with Gasteiger partial charge in [0.2, 0.25) is 5.91 Å². The third kappa shape index (κ3) is 4.47. The van der Waals surface area contributed by atoms with Crippen molar-refractivity contribution in [3.63, 3.8) is 0 Å². The van der Waals surface area contributed by atoms with Gasteiger partial charge >= 0.3 is 5.97 Å². The van der Waals surface area contributed by atoms with E-state index in [1.807, 2.05) is 27.7 Å². The molecule has 0 radical (unpaired) electrons. The van der Waals surface area contributed by atoms with Crippen molar-refractivity contribution in [1.82, 2.24) is 4.90 Å². The molecular formula is C15H27NO4. The Morgan fingerprint density at radius 3 is 2.50 bits per heavy atom. The molecule has 2 atom stereocenters. The molecule has 1 fully saturated rings. The van der Waals surface area contributed by atoms with Crippen molar-refractivity contribution in [2.45, 2.75) is 59.1 Å². The van der Waals surface area contributed by atoms with E-state index in [1.165, 1.54) is 0 Å². The Morgan fingerprint density at radius 1 is 1.35 bits per heavy atom. The summed E-state index contributed by atoms with van der Waals surface area (Å²) in [6.45, 7) is 10.5. The van der Waals surface area contributed by atoms with Crippen LogP contribution in [0, 0.1) is 5.92 Å². The first-order valence-corrected chi connectivity index (χ1v) is 7.36. The molecule has 0 N–H and O–H groups in total. The predicted octanol–water partition coefficient (Wildman–Crippen LogP) is 1.99. The molecule has 0 spiro atoms. The molecule has 1 saturated heterocycles. The maximum atomic E-state index is 12.7. The van der Waals surface area contributed by atoms with E-state index in [1.54, 1.807) is 11.8 Å². The van der Waals surface area contributed by atoms with Crippen LogP contribution in [0.5, 0.6) is 0 Å². The normalized spacial score (nSPS) is 23.2. The summed E-state index contributed by atoms with van der Waals surface area (Å²) in [6.07, 6.45) is 1.61. The van der Waals surface area contributed by atoms with Gasteiger partial charge in [-0.2, -0.15) is 0 Å². The number of nitrogens with zero attached hydrogens (tertiary/aromatic N) is 1. The second-order valence-electron chi connectivity index (χ2n) is 6.22. The standard InChI is InChI=1S/C15H27NO4/c1-6-19-13(17)10-16(15(3,4)5)14(18)12-8-7-9-20-11(12)2/h11-12H,6-10H2,1-5H3/t11-,12-/m0/s1. The summed E-state index contributed by atoms with van der Waals surface area (Å²) in [7, 11) is 0. The van der Waals surface area contributed by atoms with Crippen LogP contribution < -0.4 is 0 Å². The van der Waals surface area contributed by atoms with Gasteiger partial charge in [-0.3, -0.25) is 9.59 Å². The van der Waals surface area contributed by atoms with Gasteiger partial charge in [0, 0.05) is 12.1 Å². The van der Waals surface area contributed by atoms with Gasteiger partial charge in [-0.05, 0) is 47.5 Å². The molecule has 1 rings (SSSR count). The van der Waals surface area contributed by atoms with Crippen LogP contribution in [0.25, 0.3) is 0 Å². The third-order valence-electron chi connectivity index (χ3n) is 3.59. The van der Waals surface area contributed by atoms with E-state index in [2.05, 4.69) is 0 Å². The second-order valence-corrected chi connectivity index (χ2v) is 6.22. The summed E-state index contributed by atoms with van der Waals surface area (Å²) in [6, 6.07) is 0. The van der Waals surface area contributed by atoms with Crippen molar-refractivity contribution in [3.05, 3.63) is 0 Å². The van der Waals surface area contributed by atoms with Gasteiger partial charge in [0.15, 0.2) is 0 Å². The number of carbonyl (C=O) groups is 2. The SMILES string of the molecule is CCOC(=O)CN(C(=O)[C@H]1CCCO[C@H]1C)C(C)(C)C. The van der Waals surface area contributed by atoms with Crippen LogP contribution >= 0.6 is 0 Å². The lowest BCUT2D eigenvalue weighted by Crippen LogP contribution is -2.53. The molecular weight excluding hydrogens is 258 g/mol. The van der Waals surface area contributed by atoms with Crippen LogP contribution in [0.3, 0.4) is 0 Å². The number of amides is 1. The minimum atomic E-state index is -0.416. The van der Waals surface area contributed by atoms with Gasteiger partial charge in [-0.1, -0.05) is 0 Å². The van der Waals surface area contributed by atoms with Crippen LogP contribution in [-0.2, 0) is 19.1 Å². The number of hydrogen-bond donors (Lipinski definition) is 0. The van der Waals surface area contributed by atoms with Gasteiger partial charge in [-0.15, -0.1) is 0 Å². The first-order valence-electron chi connectivity index (χ1n) is 7.36. The molecule has 1 amide bonds. The second kappa shape index (κ2) is 7.07. The fraction of sp³-hybridized carbons (Fsp3) is 0.867. The molecule has 5 nitrogen and oxygen atoms in total. The molecule has 1 aliphatic heterocycles. The Labute approximate surface area is 121 Å². The molecule has 0 aromatic rings. The Kier molecular flexibility index (Phi) is 5.99. The van der Waals surface area contributed by atoms with E-state index >= 15 is 0 Å². The smallest absolute Gasteiger partial charge is 0.325 e. The quantitative estimate of drug-likeness (QED) is 0.741. The molecule has 0 aromatic carbocycles. The van der Waals surface area contributed by atoms with Gasteiger partial charge in [0.25, 0.3) is 0 Å². The maximum Gasteiger partial charge on any atom is 0.325 e. The third-order valence-corrected chi connectivity index (χ3v) is 3.59. The monoisotopic (exact) mass is 285 g/mol. The molecule has 1 aliphatic rings. The zero-order valence-corrected chi connectivity index (χ0v) is 13.3. The molecule has 1 heterocycles. The highest BCUT2D eigenvalue weighted by molar-refractivity contribution is 5.84. The number of carbonyl (C=O) groups excluding carboxylic acids is 2. The molecule has 0 unspecified atom stereocenters. The summed E-state index contributed by atoms with van der Waals surface area (Å²) in [5.74, 6) is -0.546. The first-order chi connectivity index (χ1) is 9.27. The van der Waals surface area contributed by atoms with Crippen molar-refractivity contribution in [2.24, 2.45) is 5.92 Å². The lowest BCUT2D eigenvalue weighted by Gasteiger charge is -2.39. The van der Waals surface area contributed by atoms with Gasteiger partial charge in [0.05, 0.1) is 18.6 Å². The number of hydrogen-bond acceptors (Lipinski definition) is 4. The van der Waals surface area contributed by atoms with Crippen molar-refractivity contribution in [1.29, 1.82) is 0 Å². The zero-order chi connectivity index (χ0) is 15.3. The highest BCUT2D eigenvalue weighted by atomic mass is 16.5. The van der Waals surface area contributed by atoms with Crippen molar-refractivity contribution < 1.29 is 19.1 Å². The summed E-state index contributed by atoms with van der Waals surface area (Å²) >= 11 is 0. The van der Waals surface area contributed by atoms with E-state index in [0.717, 1.165) is 12.8 Å². The van der Waals surface area contributed by atoms with Crippen LogP contribution in [-0.4, -0.2) is 48.2 Å². The minimum Gasteiger partial charge on any atom is -0.465 e. The molecule has 0 bridgehead atoms. The van der Waals surface area contributed by atoms with E-state index in [4.69, 9.17) is 9.47 Å². The number of esters is 1. The molecule has 0 aromatic heterocycles. The highest BCUT2D eigenvalue weighted by Crippen LogP contribution is 2.26. The van der Waals surface area contributed by atoms with Gasteiger partial charge < -0.3 is 14.4 Å². The summed E-state index contributed by atoms with van der Waals surface area (Å²) in [5, 5.41) is 0. The molecule has 0 saturated carbocycles. The fourth-order valence-electron chi connectivity index (χ4n) is 2.43. The van der Waals surface area contributed by atoms with Crippen LogP contribution in [0.4, 0.5) is 0 Å². The lowest BCUT2D eigenvalue weighted by atomic mass is 9.91. The van der Waals surface area contributed by atoms with Crippen LogP contribution in [0.15, 0.2) is 0 Å². The van der Waals surface area contributed by atoms with Crippen molar-refractivity contribution >= 4 is 11.9 Å². The van der Waals surface area contributed by atoms with E-state index < -0.39 is 5.54 Å². The summed E-state index contributed by atoms with van der Waals surface area (Å²) in [4.78, 5) is 26.1. The lowest BCUT2D eigenvalue weighted by molar-refractivity contribution is -0.158. The van der Waals surface area contributed by atoms with Gasteiger partial charge in [-0.25, -0.2) is 0 Å². The molecule has 0 aliphatic carbocycles. The summed E-state index contributed by atoms with van der Waals surface area (Å²) < 4.78 is 10.5. The maximum absolute atomic E-state index is 12.7. The Balaban J connectivity index is 2.81. The van der Waals surface area contributed by atoms with Crippen LogP contribution in [0.1, 0.15) is 47.5 Å². The van der Waals surface area contributed by atoms with E-state index in [0.29, 0.717) is 13.2 Å². The average molecular weight is 285 g/mol. The molecule has 20 heavy (non-hydrogen) atoms. The zero-order valence-electron chi connectivity index (χ0n) is 13.3. The fourth-order valence-corrected chi connectivity index (χ4v) is 2.43. The molecule has 5 heteroatoms. The van der Waals surface area contributed by atoms with Gasteiger partial charge in [0.1, 0.15) is 6.54 Å². The summed E-state index contributed by atoms with van der Waals surface area (Å²) in [5.41, 5.74) is -0.416. The van der Waals surface area contributed by atoms with Crippen LogP contribution in [0.2, 0.25) is 0 Å². The predicted molar refractivity (Wildman–Crippen MR) is 76.2 cm³/mol. The Bertz CT molecular complexity index is 348. The van der Waals surface area contributed by atoms with Crippen molar-refractivity contribution in [3.8, 4) is 0 Å². The largest absolute Gasteiger partial charge is 0.465 e. The Hall–Kier alpha value is -1.10. The highest BCUT2D eigenvalue weighted by Gasteiger charge is 2.37. The van der Waals surface area contributed by atoms with E-state index in [-0.39, 0.29) is 30.4 Å². The topological polar surface area (TPSA) is 55.8 Å². The molecule has 116 valence electrons. The first kappa shape index (κ1) is 17.0. The average Bonchev–Trinajstić information content (AvgIpc) is 2.35. The number of ether oxygens (including phenoxy) is 2. The minimum absolute atomic E-state index is 0.000602. The van der Waals surface area contributed by atoms with E-state index in [9.17, 15) is 9.59 Å². The Morgan fingerprint density at radius 2 is 2.00 bits per heavy atom.